The van der Waals surface area contributed by atoms with Gasteiger partial charge in [-0.1, -0.05) is 42.0 Å². The summed E-state index contributed by atoms with van der Waals surface area (Å²) in [6, 6.07) is 11.5. The molecule has 1 N–H and O–H groups in total. The smallest absolute Gasteiger partial charge is 0.212 e. The highest BCUT2D eigenvalue weighted by Gasteiger charge is 2.19. The lowest BCUT2D eigenvalue weighted by atomic mass is 10.0. The molecule has 0 saturated heterocycles. The summed E-state index contributed by atoms with van der Waals surface area (Å²) in [6.45, 7) is 5.70. The lowest BCUT2D eigenvalue weighted by molar-refractivity contribution is 0.561. The van der Waals surface area contributed by atoms with E-state index in [9.17, 15) is 12.8 Å². The van der Waals surface area contributed by atoms with Crippen molar-refractivity contribution in [2.75, 3.05) is 0 Å². The molecule has 22 heavy (non-hydrogen) atoms. The van der Waals surface area contributed by atoms with Crippen molar-refractivity contribution < 1.29 is 12.8 Å². The molecule has 0 spiro atoms. The molecule has 0 aromatic heterocycles. The molecule has 0 amide bonds. The highest BCUT2D eigenvalue weighted by Crippen LogP contribution is 2.20. The summed E-state index contributed by atoms with van der Waals surface area (Å²) in [7, 11) is -3.62. The van der Waals surface area contributed by atoms with Crippen LogP contribution in [0.4, 0.5) is 4.39 Å². The van der Waals surface area contributed by atoms with Gasteiger partial charge in [0, 0.05) is 11.6 Å². The first-order valence-electron chi connectivity index (χ1n) is 7.09. The van der Waals surface area contributed by atoms with E-state index in [1.807, 2.05) is 32.0 Å². The average molecular weight is 321 g/mol. The number of hydrogen-bond acceptors (Lipinski definition) is 2. The minimum atomic E-state index is -3.62. The van der Waals surface area contributed by atoms with E-state index in [0.29, 0.717) is 0 Å². The number of sulfonamides is 1. The van der Waals surface area contributed by atoms with Crippen molar-refractivity contribution in [3.05, 3.63) is 70.5 Å². The van der Waals surface area contributed by atoms with Crippen LogP contribution in [0.3, 0.4) is 0 Å². The van der Waals surface area contributed by atoms with Crippen molar-refractivity contribution in [3.8, 4) is 0 Å². The van der Waals surface area contributed by atoms with Gasteiger partial charge in [-0.25, -0.2) is 17.5 Å². The van der Waals surface area contributed by atoms with E-state index in [1.165, 1.54) is 18.2 Å². The maximum Gasteiger partial charge on any atom is 0.216 e. The maximum absolute atomic E-state index is 13.6. The normalized spacial score (nSPS) is 13.1. The summed E-state index contributed by atoms with van der Waals surface area (Å²) in [5.41, 5.74) is 3.19. The van der Waals surface area contributed by atoms with Crippen LogP contribution < -0.4 is 4.72 Å². The molecule has 0 aliphatic carbocycles. The molecule has 2 aromatic carbocycles. The Kier molecular flexibility index (Phi) is 4.98. The third-order valence-corrected chi connectivity index (χ3v) is 4.96. The van der Waals surface area contributed by atoms with Gasteiger partial charge in [0.2, 0.25) is 10.0 Å². The molecule has 0 aliphatic rings. The van der Waals surface area contributed by atoms with Crippen LogP contribution in [0.15, 0.2) is 42.5 Å². The molecule has 0 saturated carbocycles. The van der Waals surface area contributed by atoms with Crippen molar-refractivity contribution in [3.63, 3.8) is 0 Å². The van der Waals surface area contributed by atoms with Gasteiger partial charge in [-0.3, -0.25) is 0 Å². The van der Waals surface area contributed by atoms with E-state index in [4.69, 9.17) is 0 Å². The average Bonchev–Trinajstić information content (AvgIpc) is 2.43. The van der Waals surface area contributed by atoms with E-state index in [0.717, 1.165) is 16.7 Å². The van der Waals surface area contributed by atoms with E-state index >= 15 is 0 Å². The van der Waals surface area contributed by atoms with E-state index in [1.54, 1.807) is 13.0 Å². The minimum Gasteiger partial charge on any atom is -0.212 e. The Labute approximate surface area is 131 Å². The van der Waals surface area contributed by atoms with Crippen LogP contribution in [-0.4, -0.2) is 8.42 Å². The quantitative estimate of drug-likeness (QED) is 0.914. The van der Waals surface area contributed by atoms with Crippen LogP contribution in [0, 0.1) is 19.7 Å². The summed E-state index contributed by atoms with van der Waals surface area (Å²) < 4.78 is 40.7. The molecule has 0 heterocycles. The van der Waals surface area contributed by atoms with E-state index < -0.39 is 15.8 Å². The lowest BCUT2D eigenvalue weighted by Crippen LogP contribution is -2.28. The topological polar surface area (TPSA) is 46.2 Å². The van der Waals surface area contributed by atoms with Crippen LogP contribution in [0.5, 0.6) is 0 Å². The van der Waals surface area contributed by atoms with Gasteiger partial charge >= 0.3 is 0 Å². The van der Waals surface area contributed by atoms with Crippen molar-refractivity contribution in [1.29, 1.82) is 0 Å². The first kappa shape index (κ1) is 16.6. The predicted molar refractivity (Wildman–Crippen MR) is 86.5 cm³/mol. The second-order valence-electron chi connectivity index (χ2n) is 5.55. The summed E-state index contributed by atoms with van der Waals surface area (Å²) in [5, 5.41) is 0. The SMILES string of the molecule is Cc1ccc(C)c(C(C)NS(=O)(=O)Cc2ccccc2F)c1. The van der Waals surface area contributed by atoms with Gasteiger partial charge in [-0.05, 0) is 38.0 Å². The molecule has 3 nitrogen and oxygen atoms in total. The van der Waals surface area contributed by atoms with Crippen LogP contribution >= 0.6 is 0 Å². The Morgan fingerprint density at radius 1 is 1.14 bits per heavy atom. The number of benzene rings is 2. The molecule has 0 bridgehead atoms. The second kappa shape index (κ2) is 6.58. The van der Waals surface area contributed by atoms with Gasteiger partial charge in [0.15, 0.2) is 0 Å². The number of rotatable bonds is 5. The summed E-state index contributed by atoms with van der Waals surface area (Å²) >= 11 is 0. The van der Waals surface area contributed by atoms with Gasteiger partial charge < -0.3 is 0 Å². The minimum absolute atomic E-state index is 0.170. The van der Waals surface area contributed by atoms with Crippen LogP contribution in [-0.2, 0) is 15.8 Å². The Morgan fingerprint density at radius 2 is 1.82 bits per heavy atom. The third-order valence-electron chi connectivity index (χ3n) is 3.56. The van der Waals surface area contributed by atoms with Crippen molar-refractivity contribution in [2.24, 2.45) is 0 Å². The van der Waals surface area contributed by atoms with E-state index in [2.05, 4.69) is 4.72 Å². The first-order chi connectivity index (χ1) is 10.3. The lowest BCUT2D eigenvalue weighted by Gasteiger charge is -2.17. The Bertz CT molecular complexity index is 772. The number of halogens is 1. The number of hydrogen-bond donors (Lipinski definition) is 1. The molecule has 118 valence electrons. The molecule has 1 unspecified atom stereocenters. The molecular weight excluding hydrogens is 301 g/mol. The highest BCUT2D eigenvalue weighted by molar-refractivity contribution is 7.88. The van der Waals surface area contributed by atoms with Crippen LogP contribution in [0.25, 0.3) is 0 Å². The van der Waals surface area contributed by atoms with Crippen molar-refractivity contribution in [1.82, 2.24) is 4.72 Å². The predicted octanol–water partition coefficient (Wildman–Crippen LogP) is 3.62. The van der Waals surface area contributed by atoms with E-state index in [-0.39, 0.29) is 17.4 Å². The monoisotopic (exact) mass is 321 g/mol. The second-order valence-corrected chi connectivity index (χ2v) is 7.30. The van der Waals surface area contributed by atoms with Gasteiger partial charge in [0.25, 0.3) is 0 Å². The van der Waals surface area contributed by atoms with Crippen LogP contribution in [0.2, 0.25) is 0 Å². The van der Waals surface area contributed by atoms with Crippen molar-refractivity contribution >= 4 is 10.0 Å². The number of aryl methyl sites for hydroxylation is 2. The Hall–Kier alpha value is -1.72. The molecule has 5 heteroatoms. The van der Waals surface area contributed by atoms with Gasteiger partial charge in [0.1, 0.15) is 5.82 Å². The summed E-state index contributed by atoms with van der Waals surface area (Å²) in [5.74, 6) is -0.873. The zero-order chi connectivity index (χ0) is 16.3. The summed E-state index contributed by atoms with van der Waals surface area (Å²) in [6.07, 6.45) is 0. The molecule has 0 radical (unpaired) electrons. The molecule has 2 aromatic rings. The fraction of sp³-hybridized carbons (Fsp3) is 0.294. The Balaban J connectivity index is 2.18. The van der Waals surface area contributed by atoms with Crippen molar-refractivity contribution in [2.45, 2.75) is 32.6 Å². The van der Waals surface area contributed by atoms with Gasteiger partial charge in [-0.2, -0.15) is 0 Å². The number of nitrogens with one attached hydrogen (secondary N) is 1. The first-order valence-corrected chi connectivity index (χ1v) is 8.74. The largest absolute Gasteiger partial charge is 0.216 e. The highest BCUT2D eigenvalue weighted by atomic mass is 32.2. The Morgan fingerprint density at radius 3 is 2.50 bits per heavy atom. The molecule has 0 fully saturated rings. The zero-order valence-electron chi connectivity index (χ0n) is 12.9. The fourth-order valence-corrected chi connectivity index (χ4v) is 3.81. The molecule has 0 aliphatic heterocycles. The summed E-state index contributed by atoms with van der Waals surface area (Å²) in [4.78, 5) is 0. The standard InChI is InChI=1S/C17H20FNO2S/c1-12-8-9-13(2)16(10-12)14(3)19-22(20,21)11-15-6-4-5-7-17(15)18/h4-10,14,19H,11H2,1-3H3. The maximum atomic E-state index is 13.6. The molecule has 2 rings (SSSR count). The van der Waals surface area contributed by atoms with Crippen LogP contribution in [0.1, 0.15) is 35.2 Å². The van der Waals surface area contributed by atoms with Gasteiger partial charge in [-0.15, -0.1) is 0 Å². The fourth-order valence-electron chi connectivity index (χ4n) is 2.42. The zero-order valence-corrected chi connectivity index (χ0v) is 13.7. The molecular formula is C17H20FNO2S. The third kappa shape index (κ3) is 4.15. The molecule has 1 atom stereocenters. The van der Waals surface area contributed by atoms with Gasteiger partial charge in [0.05, 0.1) is 5.75 Å².